The molecular weight excluding hydrogens is 378 g/mol. The lowest BCUT2D eigenvalue weighted by molar-refractivity contribution is 0.0697. The lowest BCUT2D eigenvalue weighted by atomic mass is 10.1. The molecule has 0 unspecified atom stereocenters. The van der Waals surface area contributed by atoms with Crippen LogP contribution in [-0.2, 0) is 0 Å². The smallest absolute Gasteiger partial charge is 0.335 e. The Balaban J connectivity index is 1.67. The van der Waals surface area contributed by atoms with Crippen molar-refractivity contribution >= 4 is 45.0 Å². The van der Waals surface area contributed by atoms with Gasteiger partial charge in [-0.15, -0.1) is 27.8 Å². The molecule has 1 N–H and O–H groups in total. The number of nitrogens with zero attached hydrogens (tertiary/aromatic N) is 3. The summed E-state index contributed by atoms with van der Waals surface area (Å²) in [4.78, 5) is 16.0. The van der Waals surface area contributed by atoms with Crippen LogP contribution in [0.15, 0.2) is 58.1 Å². The number of hydrogen-bond acceptors (Lipinski definition) is 6. The van der Waals surface area contributed by atoms with Crippen LogP contribution in [0.3, 0.4) is 0 Å². The minimum atomic E-state index is -0.962. The first-order valence-corrected chi connectivity index (χ1v) is 10.6. The first-order valence-electron chi connectivity index (χ1n) is 8.88. The molecule has 1 fully saturated rings. The van der Waals surface area contributed by atoms with Gasteiger partial charge in [0.25, 0.3) is 0 Å². The number of benzene rings is 1. The Morgan fingerprint density at radius 1 is 1.00 bits per heavy atom. The van der Waals surface area contributed by atoms with Crippen LogP contribution in [-0.4, -0.2) is 24.2 Å². The topological polar surface area (TPSA) is 65.3 Å². The van der Waals surface area contributed by atoms with Crippen molar-refractivity contribution in [3.63, 3.8) is 0 Å². The average Bonchev–Trinajstić information content (AvgIpc) is 3.37. The van der Waals surface area contributed by atoms with Crippen LogP contribution >= 0.6 is 22.7 Å². The quantitative estimate of drug-likeness (QED) is 0.494. The Hall–Kier alpha value is -2.51. The number of carboxylic acid groups (broad SMARTS) is 1. The van der Waals surface area contributed by atoms with Crippen LogP contribution in [0.25, 0.3) is 9.75 Å². The molecule has 0 saturated carbocycles. The predicted molar refractivity (Wildman–Crippen MR) is 111 cm³/mol. The Bertz CT molecular complexity index is 958. The van der Waals surface area contributed by atoms with Gasteiger partial charge in [0.05, 0.1) is 11.3 Å². The van der Waals surface area contributed by atoms with Crippen LogP contribution in [0.2, 0.25) is 0 Å². The van der Waals surface area contributed by atoms with E-state index in [4.69, 9.17) is 5.11 Å². The van der Waals surface area contributed by atoms with Crippen LogP contribution in [0.4, 0.5) is 16.4 Å². The molecule has 1 aromatic carbocycles. The number of azo groups is 1. The summed E-state index contributed by atoms with van der Waals surface area (Å²) in [7, 11) is 0. The second-order valence-corrected chi connectivity index (χ2v) is 8.36. The van der Waals surface area contributed by atoms with Crippen LogP contribution in [0.5, 0.6) is 0 Å². The molecule has 0 amide bonds. The van der Waals surface area contributed by atoms with Crippen molar-refractivity contribution in [1.29, 1.82) is 0 Å². The minimum Gasteiger partial charge on any atom is -0.478 e. The predicted octanol–water partition coefficient (Wildman–Crippen LogP) is 6.58. The van der Waals surface area contributed by atoms with Crippen molar-refractivity contribution in [2.75, 3.05) is 18.0 Å². The van der Waals surface area contributed by atoms with Gasteiger partial charge in [0.1, 0.15) is 10.7 Å². The van der Waals surface area contributed by atoms with Gasteiger partial charge in [-0.1, -0.05) is 12.1 Å². The molecular formula is C20H19N3O2S2. The van der Waals surface area contributed by atoms with Crippen LogP contribution < -0.4 is 4.90 Å². The number of carboxylic acids is 1. The van der Waals surface area contributed by atoms with Gasteiger partial charge in [-0.2, -0.15) is 5.11 Å². The Morgan fingerprint density at radius 2 is 1.85 bits per heavy atom. The van der Waals surface area contributed by atoms with E-state index in [1.165, 1.54) is 29.0 Å². The number of aromatic carboxylic acids is 1. The van der Waals surface area contributed by atoms with Crippen molar-refractivity contribution in [3.8, 4) is 9.75 Å². The monoisotopic (exact) mass is 397 g/mol. The minimum absolute atomic E-state index is 0.215. The van der Waals surface area contributed by atoms with Crippen molar-refractivity contribution in [2.24, 2.45) is 10.2 Å². The van der Waals surface area contributed by atoms with Gasteiger partial charge in [-0.05, 0) is 55.0 Å². The van der Waals surface area contributed by atoms with Crippen molar-refractivity contribution in [2.45, 2.75) is 19.3 Å². The summed E-state index contributed by atoms with van der Waals surface area (Å²) in [5.74, 6) is -0.962. The summed E-state index contributed by atoms with van der Waals surface area (Å²) < 4.78 is 0. The summed E-state index contributed by atoms with van der Waals surface area (Å²) in [5, 5.41) is 21.2. The highest BCUT2D eigenvalue weighted by atomic mass is 32.1. The van der Waals surface area contributed by atoms with E-state index in [0.717, 1.165) is 23.8 Å². The molecule has 7 heteroatoms. The molecule has 1 saturated heterocycles. The van der Waals surface area contributed by atoms with Crippen LogP contribution in [0.1, 0.15) is 29.6 Å². The number of hydrogen-bond donors (Lipinski definition) is 1. The van der Waals surface area contributed by atoms with Gasteiger partial charge in [-0.25, -0.2) is 4.79 Å². The molecule has 0 atom stereocenters. The van der Waals surface area contributed by atoms with Gasteiger partial charge < -0.3 is 10.0 Å². The highest BCUT2D eigenvalue weighted by Crippen LogP contribution is 2.45. The zero-order valence-electron chi connectivity index (χ0n) is 14.7. The van der Waals surface area contributed by atoms with Crippen molar-refractivity contribution in [1.82, 2.24) is 0 Å². The Labute approximate surface area is 165 Å². The molecule has 5 nitrogen and oxygen atoms in total. The largest absolute Gasteiger partial charge is 0.478 e. The summed E-state index contributed by atoms with van der Waals surface area (Å²) in [6.45, 7) is 2.09. The molecule has 0 radical (unpaired) electrons. The second kappa shape index (κ2) is 8.02. The molecule has 2 aromatic heterocycles. The zero-order valence-corrected chi connectivity index (χ0v) is 16.3. The molecule has 3 aromatic rings. The average molecular weight is 398 g/mol. The molecule has 4 rings (SSSR count). The lowest BCUT2D eigenvalue weighted by Gasteiger charge is -2.27. The fourth-order valence-electron chi connectivity index (χ4n) is 3.12. The van der Waals surface area contributed by atoms with E-state index in [-0.39, 0.29) is 5.56 Å². The molecule has 0 spiro atoms. The van der Waals surface area contributed by atoms with Gasteiger partial charge in [0, 0.05) is 22.8 Å². The number of anilines is 1. The number of carbonyl (C=O) groups is 1. The normalized spacial score (nSPS) is 14.7. The highest BCUT2D eigenvalue weighted by molar-refractivity contribution is 7.24. The molecule has 27 heavy (non-hydrogen) atoms. The number of piperidine rings is 1. The first kappa shape index (κ1) is 17.9. The highest BCUT2D eigenvalue weighted by Gasteiger charge is 2.19. The molecule has 1 aliphatic heterocycles. The third kappa shape index (κ3) is 4.09. The molecule has 138 valence electrons. The second-order valence-electron chi connectivity index (χ2n) is 6.38. The molecule has 0 aliphatic carbocycles. The van der Waals surface area contributed by atoms with E-state index < -0.39 is 5.97 Å². The summed E-state index contributed by atoms with van der Waals surface area (Å²) >= 11 is 3.47. The van der Waals surface area contributed by atoms with E-state index in [2.05, 4.69) is 38.7 Å². The van der Waals surface area contributed by atoms with Crippen molar-refractivity contribution in [3.05, 3.63) is 53.4 Å². The molecule has 0 bridgehead atoms. The van der Waals surface area contributed by atoms with Gasteiger partial charge in [0.15, 0.2) is 0 Å². The molecule has 1 aliphatic rings. The number of thiophene rings is 2. The lowest BCUT2D eigenvalue weighted by Crippen LogP contribution is -2.28. The van der Waals surface area contributed by atoms with Crippen LogP contribution in [0, 0.1) is 0 Å². The third-order valence-electron chi connectivity index (χ3n) is 4.47. The summed E-state index contributed by atoms with van der Waals surface area (Å²) in [6.07, 6.45) is 3.67. The Kier molecular flexibility index (Phi) is 5.31. The number of rotatable bonds is 5. The van der Waals surface area contributed by atoms with Gasteiger partial charge in [-0.3, -0.25) is 0 Å². The van der Waals surface area contributed by atoms with Gasteiger partial charge >= 0.3 is 5.97 Å². The first-order chi connectivity index (χ1) is 13.2. The standard InChI is InChI=1S/C20H19N3O2S2/c24-20(25)14-6-4-7-15(12-14)21-22-16-13-18(17-8-5-11-26-17)27-19(16)23-9-2-1-3-10-23/h4-8,11-13H,1-3,9-10H2,(H,24,25). The zero-order chi connectivity index (χ0) is 18.6. The fraction of sp³-hybridized carbons (Fsp3) is 0.250. The Morgan fingerprint density at radius 3 is 2.59 bits per heavy atom. The molecule has 3 heterocycles. The maximum Gasteiger partial charge on any atom is 0.335 e. The summed E-state index contributed by atoms with van der Waals surface area (Å²) in [5.41, 5.74) is 1.61. The van der Waals surface area contributed by atoms with Crippen molar-refractivity contribution < 1.29 is 9.90 Å². The maximum absolute atomic E-state index is 11.1. The van der Waals surface area contributed by atoms with E-state index in [9.17, 15) is 4.79 Å². The fourth-order valence-corrected chi connectivity index (χ4v) is 5.09. The van der Waals surface area contributed by atoms with E-state index >= 15 is 0 Å². The SMILES string of the molecule is O=C(O)c1cccc(N=Nc2cc(-c3cccs3)sc2N2CCCCC2)c1. The maximum atomic E-state index is 11.1. The van der Waals surface area contributed by atoms with Gasteiger partial charge in [0.2, 0.25) is 0 Å². The van der Waals surface area contributed by atoms with E-state index in [1.807, 2.05) is 0 Å². The van der Waals surface area contributed by atoms with E-state index in [0.29, 0.717) is 5.69 Å². The summed E-state index contributed by atoms with van der Waals surface area (Å²) in [6, 6.07) is 12.8. The third-order valence-corrected chi connectivity index (χ3v) is 6.72. The van der Waals surface area contributed by atoms with E-state index in [1.54, 1.807) is 46.9 Å².